The zero-order valence-electron chi connectivity index (χ0n) is 12.4. The molecular formula is C18H22BrN. The maximum Gasteiger partial charge on any atom is 0.0587 e. The van der Waals surface area contributed by atoms with Gasteiger partial charge in [-0.3, -0.25) is 0 Å². The summed E-state index contributed by atoms with van der Waals surface area (Å²) in [7, 11) is 0. The van der Waals surface area contributed by atoms with Crippen LogP contribution in [0, 0.1) is 13.8 Å². The van der Waals surface area contributed by atoms with E-state index in [1.165, 1.54) is 22.3 Å². The molecule has 0 saturated heterocycles. The van der Waals surface area contributed by atoms with Gasteiger partial charge in [-0.25, -0.2) is 0 Å². The highest BCUT2D eigenvalue weighted by Crippen LogP contribution is 2.29. The molecule has 1 unspecified atom stereocenters. The SMILES string of the molecule is CCCNC(c1ccc(C)cc1)c1cc(C)ccc1Br. The molecule has 0 aromatic heterocycles. The minimum absolute atomic E-state index is 0.241. The molecule has 106 valence electrons. The van der Waals surface area contributed by atoms with Crippen LogP contribution in [0.3, 0.4) is 0 Å². The average Bonchev–Trinajstić information content (AvgIpc) is 2.44. The van der Waals surface area contributed by atoms with Gasteiger partial charge in [0.25, 0.3) is 0 Å². The Morgan fingerprint density at radius 2 is 1.65 bits per heavy atom. The zero-order valence-corrected chi connectivity index (χ0v) is 14.0. The Morgan fingerprint density at radius 1 is 1.00 bits per heavy atom. The Hall–Kier alpha value is -1.12. The highest BCUT2D eigenvalue weighted by atomic mass is 79.9. The molecule has 1 nitrogen and oxygen atoms in total. The topological polar surface area (TPSA) is 12.0 Å². The second-order valence-electron chi connectivity index (χ2n) is 5.32. The van der Waals surface area contributed by atoms with Gasteiger partial charge in [0.2, 0.25) is 0 Å². The van der Waals surface area contributed by atoms with Gasteiger partial charge in [-0.1, -0.05) is 70.4 Å². The van der Waals surface area contributed by atoms with E-state index in [-0.39, 0.29) is 6.04 Å². The first-order valence-corrected chi connectivity index (χ1v) is 7.97. The van der Waals surface area contributed by atoms with Crippen molar-refractivity contribution in [3.8, 4) is 0 Å². The van der Waals surface area contributed by atoms with Crippen LogP contribution in [0.1, 0.15) is 41.6 Å². The molecule has 0 saturated carbocycles. The van der Waals surface area contributed by atoms with Gasteiger partial charge in [0, 0.05) is 4.47 Å². The predicted octanol–water partition coefficient (Wildman–Crippen LogP) is 5.15. The first-order chi connectivity index (χ1) is 9.61. The first-order valence-electron chi connectivity index (χ1n) is 7.18. The van der Waals surface area contributed by atoms with Crippen LogP contribution < -0.4 is 5.32 Å². The zero-order chi connectivity index (χ0) is 14.5. The molecule has 2 aromatic carbocycles. The molecular weight excluding hydrogens is 310 g/mol. The maximum absolute atomic E-state index is 3.69. The van der Waals surface area contributed by atoms with E-state index in [4.69, 9.17) is 0 Å². The molecule has 0 spiro atoms. The van der Waals surface area contributed by atoms with E-state index in [9.17, 15) is 0 Å². The highest BCUT2D eigenvalue weighted by molar-refractivity contribution is 9.10. The summed E-state index contributed by atoms with van der Waals surface area (Å²) in [5, 5.41) is 3.66. The average molecular weight is 332 g/mol. The van der Waals surface area contributed by atoms with Gasteiger partial charge < -0.3 is 5.32 Å². The van der Waals surface area contributed by atoms with Crippen LogP contribution in [-0.2, 0) is 0 Å². The summed E-state index contributed by atoms with van der Waals surface area (Å²) in [4.78, 5) is 0. The Labute approximate surface area is 130 Å². The lowest BCUT2D eigenvalue weighted by Crippen LogP contribution is -2.23. The molecule has 0 fully saturated rings. The van der Waals surface area contributed by atoms with Gasteiger partial charge in [0.05, 0.1) is 6.04 Å². The molecule has 20 heavy (non-hydrogen) atoms. The van der Waals surface area contributed by atoms with Crippen molar-refractivity contribution in [2.24, 2.45) is 0 Å². The number of halogens is 1. The van der Waals surface area contributed by atoms with E-state index in [1.54, 1.807) is 0 Å². The number of rotatable bonds is 5. The molecule has 0 aliphatic carbocycles. The number of hydrogen-bond donors (Lipinski definition) is 1. The van der Waals surface area contributed by atoms with Crippen molar-refractivity contribution in [3.63, 3.8) is 0 Å². The Balaban J connectivity index is 2.41. The van der Waals surface area contributed by atoms with Crippen LogP contribution in [0.4, 0.5) is 0 Å². The van der Waals surface area contributed by atoms with Crippen LogP contribution in [0.15, 0.2) is 46.9 Å². The van der Waals surface area contributed by atoms with Crippen LogP contribution >= 0.6 is 15.9 Å². The molecule has 2 aromatic rings. The van der Waals surface area contributed by atoms with Crippen molar-refractivity contribution in [2.75, 3.05) is 6.54 Å². The summed E-state index contributed by atoms with van der Waals surface area (Å²) in [6.45, 7) is 7.48. The van der Waals surface area contributed by atoms with Crippen molar-refractivity contribution in [1.29, 1.82) is 0 Å². The third-order valence-corrected chi connectivity index (χ3v) is 4.19. The molecule has 0 aliphatic heterocycles. The molecule has 0 bridgehead atoms. The summed E-state index contributed by atoms with van der Waals surface area (Å²) >= 11 is 3.69. The van der Waals surface area contributed by atoms with E-state index in [0.717, 1.165) is 17.4 Å². The fourth-order valence-corrected chi connectivity index (χ4v) is 2.81. The van der Waals surface area contributed by atoms with Gasteiger partial charge >= 0.3 is 0 Å². The summed E-state index contributed by atoms with van der Waals surface area (Å²) in [5.74, 6) is 0. The summed E-state index contributed by atoms with van der Waals surface area (Å²) in [6, 6.07) is 15.6. The van der Waals surface area contributed by atoms with Crippen LogP contribution in [0.2, 0.25) is 0 Å². The summed E-state index contributed by atoms with van der Waals surface area (Å²) < 4.78 is 1.16. The van der Waals surface area contributed by atoms with Gasteiger partial charge in [-0.2, -0.15) is 0 Å². The van der Waals surface area contributed by atoms with Gasteiger partial charge in [0.15, 0.2) is 0 Å². The molecule has 2 rings (SSSR count). The normalized spacial score (nSPS) is 12.4. The third-order valence-electron chi connectivity index (χ3n) is 3.47. The van der Waals surface area contributed by atoms with E-state index in [1.807, 2.05) is 0 Å². The lowest BCUT2D eigenvalue weighted by atomic mass is 9.96. The largest absolute Gasteiger partial charge is 0.306 e. The first kappa shape index (κ1) is 15.3. The standard InChI is InChI=1S/C18H22BrN/c1-4-11-20-18(15-8-5-13(2)6-9-15)16-12-14(3)7-10-17(16)19/h5-10,12,18,20H,4,11H2,1-3H3. The molecule has 1 atom stereocenters. The molecule has 0 radical (unpaired) electrons. The number of aryl methyl sites for hydroxylation is 2. The van der Waals surface area contributed by atoms with Crippen molar-refractivity contribution >= 4 is 15.9 Å². The summed E-state index contributed by atoms with van der Waals surface area (Å²) in [5.41, 5.74) is 5.21. The minimum Gasteiger partial charge on any atom is -0.306 e. The minimum atomic E-state index is 0.241. The van der Waals surface area contributed by atoms with Crippen molar-refractivity contribution in [1.82, 2.24) is 5.32 Å². The maximum atomic E-state index is 3.69. The quantitative estimate of drug-likeness (QED) is 0.798. The molecule has 0 aliphatic rings. The predicted molar refractivity (Wildman–Crippen MR) is 90.2 cm³/mol. The Morgan fingerprint density at radius 3 is 2.30 bits per heavy atom. The van der Waals surface area contributed by atoms with E-state index in [0.29, 0.717) is 0 Å². The van der Waals surface area contributed by atoms with E-state index >= 15 is 0 Å². The van der Waals surface area contributed by atoms with Crippen molar-refractivity contribution < 1.29 is 0 Å². The molecule has 0 heterocycles. The summed E-state index contributed by atoms with van der Waals surface area (Å²) in [6.07, 6.45) is 1.13. The van der Waals surface area contributed by atoms with Crippen LogP contribution in [-0.4, -0.2) is 6.54 Å². The molecule has 0 amide bonds. The third kappa shape index (κ3) is 3.71. The monoisotopic (exact) mass is 331 g/mol. The fourth-order valence-electron chi connectivity index (χ4n) is 2.34. The Kier molecular flexibility index (Phi) is 5.38. The number of hydrogen-bond acceptors (Lipinski definition) is 1. The fraction of sp³-hybridized carbons (Fsp3) is 0.333. The van der Waals surface area contributed by atoms with Crippen LogP contribution in [0.5, 0.6) is 0 Å². The van der Waals surface area contributed by atoms with Crippen molar-refractivity contribution in [2.45, 2.75) is 33.2 Å². The smallest absolute Gasteiger partial charge is 0.0587 e. The molecule has 1 N–H and O–H groups in total. The lowest BCUT2D eigenvalue weighted by molar-refractivity contribution is 0.596. The second-order valence-corrected chi connectivity index (χ2v) is 6.18. The van der Waals surface area contributed by atoms with Crippen molar-refractivity contribution in [3.05, 3.63) is 69.2 Å². The van der Waals surface area contributed by atoms with Gasteiger partial charge in [-0.05, 0) is 44.0 Å². The van der Waals surface area contributed by atoms with E-state index in [2.05, 4.69) is 84.5 Å². The van der Waals surface area contributed by atoms with Gasteiger partial charge in [0.1, 0.15) is 0 Å². The van der Waals surface area contributed by atoms with Gasteiger partial charge in [-0.15, -0.1) is 0 Å². The molecule has 2 heteroatoms. The number of nitrogens with one attached hydrogen (secondary N) is 1. The second kappa shape index (κ2) is 7.05. The van der Waals surface area contributed by atoms with E-state index < -0.39 is 0 Å². The lowest BCUT2D eigenvalue weighted by Gasteiger charge is -2.21. The van der Waals surface area contributed by atoms with Crippen LogP contribution in [0.25, 0.3) is 0 Å². The number of benzene rings is 2. The highest BCUT2D eigenvalue weighted by Gasteiger charge is 2.16. The Bertz CT molecular complexity index is 560.